The number of fused-ring (bicyclic) bond motifs is 1. The van der Waals surface area contributed by atoms with Crippen molar-refractivity contribution in [1.82, 2.24) is 0 Å². The predicted octanol–water partition coefficient (Wildman–Crippen LogP) is 13.3. The van der Waals surface area contributed by atoms with Crippen LogP contribution in [-0.2, 0) is 0 Å². The zero-order chi connectivity index (χ0) is 40.0. The fraction of sp³-hybridized carbons (Fsp3) is 0.0345. The van der Waals surface area contributed by atoms with Crippen molar-refractivity contribution in [3.63, 3.8) is 0 Å². The van der Waals surface area contributed by atoms with Crippen molar-refractivity contribution < 1.29 is 0 Å². The van der Waals surface area contributed by atoms with Gasteiger partial charge in [-0.1, -0.05) is 189 Å². The summed E-state index contributed by atoms with van der Waals surface area (Å²) in [5.74, 6) is 0. The van der Waals surface area contributed by atoms with Crippen LogP contribution in [0.3, 0.4) is 0 Å². The lowest BCUT2D eigenvalue weighted by atomic mass is 9.86. The minimum Gasteiger partial charge on any atom is -0.0990 e. The molecule has 0 atom stereocenters. The van der Waals surface area contributed by atoms with Crippen LogP contribution in [0.25, 0.3) is 94.2 Å². The van der Waals surface area contributed by atoms with Crippen LogP contribution in [0.2, 0.25) is 0 Å². The van der Waals surface area contributed by atoms with Crippen LogP contribution in [0.5, 0.6) is 0 Å². The van der Waals surface area contributed by atoms with E-state index in [1.807, 2.05) is 6.08 Å². The van der Waals surface area contributed by atoms with Gasteiger partial charge in [0.15, 0.2) is 0 Å². The van der Waals surface area contributed by atoms with E-state index in [-0.39, 0.29) is 0 Å². The van der Waals surface area contributed by atoms with Crippen molar-refractivity contribution in [3.05, 3.63) is 217 Å². The first kappa shape index (κ1) is 36.5. The third-order valence-electron chi connectivity index (χ3n) is 11.8. The first-order valence-corrected chi connectivity index (χ1v) is 21.7. The second-order valence-corrected chi connectivity index (χ2v) is 17.7. The molecule has 280 valence electrons. The van der Waals surface area contributed by atoms with Crippen LogP contribution in [0, 0.1) is 0 Å². The summed E-state index contributed by atoms with van der Waals surface area (Å²) in [4.78, 5) is 0. The third kappa shape index (κ3) is 6.38. The summed E-state index contributed by atoms with van der Waals surface area (Å²) < 4.78 is 0. The Hall–Kier alpha value is -6.85. The van der Waals surface area contributed by atoms with Gasteiger partial charge in [0.25, 0.3) is 0 Å². The Bertz CT molecular complexity index is 3320. The Morgan fingerprint density at radius 2 is 0.983 bits per heavy atom. The second-order valence-electron chi connectivity index (χ2n) is 15.5. The molecule has 0 aliphatic heterocycles. The fourth-order valence-electron chi connectivity index (χ4n) is 9.23. The van der Waals surface area contributed by atoms with Gasteiger partial charge in [0.2, 0.25) is 0 Å². The van der Waals surface area contributed by atoms with Crippen LogP contribution >= 0.6 is 7.92 Å². The largest absolute Gasteiger partial charge is 0.0990 e. The van der Waals surface area contributed by atoms with E-state index >= 15 is 0 Å². The van der Waals surface area contributed by atoms with Gasteiger partial charge in [-0.3, -0.25) is 0 Å². The molecule has 1 heteroatoms. The first-order chi connectivity index (χ1) is 29.0. The molecule has 0 amide bonds. The van der Waals surface area contributed by atoms with Crippen LogP contribution in [-0.4, -0.2) is 0 Å². The monoisotopic (exact) mass is 770 g/mol. The molecule has 0 unspecified atom stereocenters. The van der Waals surface area contributed by atoms with Gasteiger partial charge in [-0.2, -0.15) is 0 Å². The van der Waals surface area contributed by atoms with Gasteiger partial charge in [-0.25, -0.2) is 0 Å². The first-order valence-electron chi connectivity index (χ1n) is 20.3. The van der Waals surface area contributed by atoms with Gasteiger partial charge >= 0.3 is 0 Å². The molecule has 0 saturated heterocycles. The van der Waals surface area contributed by atoms with Crippen molar-refractivity contribution in [2.75, 3.05) is 0 Å². The maximum atomic E-state index is 4.47. The zero-order valence-corrected chi connectivity index (χ0v) is 34.3. The van der Waals surface area contributed by atoms with Gasteiger partial charge < -0.3 is 0 Å². The van der Waals surface area contributed by atoms with Crippen molar-refractivity contribution >= 4 is 84.7 Å². The molecule has 0 aliphatic rings. The Morgan fingerprint density at radius 3 is 1.63 bits per heavy atom. The highest BCUT2D eigenvalue weighted by Gasteiger charge is 2.19. The quantitative estimate of drug-likeness (QED) is 0.107. The lowest BCUT2D eigenvalue weighted by Crippen LogP contribution is -2.20. The van der Waals surface area contributed by atoms with E-state index in [1.165, 1.54) is 103 Å². The topological polar surface area (TPSA) is 0 Å². The molecule has 0 fully saturated rings. The van der Waals surface area contributed by atoms with Gasteiger partial charge in [-0.15, -0.1) is 0 Å². The van der Waals surface area contributed by atoms with E-state index in [1.54, 1.807) is 0 Å². The van der Waals surface area contributed by atoms with Gasteiger partial charge in [-0.05, 0) is 160 Å². The number of rotatable bonds is 8. The van der Waals surface area contributed by atoms with Crippen LogP contribution in [0.4, 0.5) is 0 Å². The standard InChI is InChI=1S/C58H43P/c1-5-15-40-28-32-53-51(30-26-39(6-2)57(53)55(40)38(3)4)46-34-45(44-18-14-23-50(37-44)59(48-19-9-7-10-20-48)49-21-11-8-12-22-49)35-47(36-46)52-31-27-43-25-24-41-16-13-17-42-29-33-54(52)58(43)56(41)42/h5-37H,1,3H2,2,4H3/b39-6-,40-15-. The van der Waals surface area contributed by atoms with Gasteiger partial charge in [0.05, 0.1) is 0 Å². The summed E-state index contributed by atoms with van der Waals surface area (Å²) in [5, 5.41) is 16.5. The van der Waals surface area contributed by atoms with Crippen molar-refractivity contribution in [3.8, 4) is 33.4 Å². The van der Waals surface area contributed by atoms with E-state index < -0.39 is 7.92 Å². The third-order valence-corrected chi connectivity index (χ3v) is 14.3. The number of benzene rings is 10. The number of hydrogen-bond acceptors (Lipinski definition) is 0. The van der Waals surface area contributed by atoms with Gasteiger partial charge in [0, 0.05) is 0 Å². The molecular weight excluding hydrogens is 728 g/mol. The van der Waals surface area contributed by atoms with Crippen LogP contribution in [0.15, 0.2) is 201 Å². The average molecular weight is 771 g/mol. The molecule has 0 radical (unpaired) electrons. The molecule has 10 aromatic carbocycles. The average Bonchev–Trinajstić information content (AvgIpc) is 3.28. The lowest BCUT2D eigenvalue weighted by Gasteiger charge is -2.21. The van der Waals surface area contributed by atoms with E-state index in [0.29, 0.717) is 0 Å². The molecule has 0 aliphatic carbocycles. The summed E-state index contributed by atoms with van der Waals surface area (Å²) in [6.45, 7) is 12.7. The van der Waals surface area contributed by atoms with E-state index in [0.717, 1.165) is 10.8 Å². The SMILES string of the molecule is C=C/C=c1/ccc2c(-c3cc(-c4cccc(P(c5ccccc5)c5ccccc5)c4)cc(-c4ccc5ccc6cccc7ccc4c5c67)c3)cc/c(=C/C)c2c1C(=C)C. The molecule has 59 heavy (non-hydrogen) atoms. The van der Waals surface area contributed by atoms with Crippen molar-refractivity contribution in [2.24, 2.45) is 0 Å². The van der Waals surface area contributed by atoms with Crippen LogP contribution in [0.1, 0.15) is 19.4 Å². The van der Waals surface area contributed by atoms with E-state index in [2.05, 4.69) is 221 Å². The Morgan fingerprint density at radius 1 is 0.458 bits per heavy atom. The maximum absolute atomic E-state index is 4.47. The van der Waals surface area contributed by atoms with Crippen molar-refractivity contribution in [1.29, 1.82) is 0 Å². The minimum absolute atomic E-state index is 0.770. The Balaban J connectivity index is 1.25. The smallest absolute Gasteiger partial charge is 0.00206 e. The highest BCUT2D eigenvalue weighted by molar-refractivity contribution is 7.79. The molecule has 0 aromatic heterocycles. The van der Waals surface area contributed by atoms with Crippen molar-refractivity contribution in [2.45, 2.75) is 13.8 Å². The van der Waals surface area contributed by atoms with E-state index in [9.17, 15) is 0 Å². The normalized spacial score (nSPS) is 12.4. The summed E-state index contributed by atoms with van der Waals surface area (Å²) in [5.41, 5.74) is 9.42. The molecule has 0 bridgehead atoms. The molecule has 0 N–H and O–H groups in total. The summed E-state index contributed by atoms with van der Waals surface area (Å²) in [7, 11) is -0.770. The summed E-state index contributed by atoms with van der Waals surface area (Å²) in [6, 6.07) is 68.0. The lowest BCUT2D eigenvalue weighted by molar-refractivity contribution is 1.53. The summed E-state index contributed by atoms with van der Waals surface area (Å²) >= 11 is 0. The molecule has 0 nitrogen and oxygen atoms in total. The summed E-state index contributed by atoms with van der Waals surface area (Å²) in [6.07, 6.45) is 6.18. The second kappa shape index (κ2) is 15.1. The number of allylic oxidation sites excluding steroid dienone is 2. The fourth-order valence-corrected chi connectivity index (χ4v) is 11.6. The Kier molecular flexibility index (Phi) is 9.37. The molecule has 0 heterocycles. The Labute approximate surface area is 347 Å². The predicted molar refractivity (Wildman–Crippen MR) is 261 cm³/mol. The minimum atomic E-state index is -0.770. The van der Waals surface area contributed by atoms with Crippen LogP contribution < -0.4 is 26.4 Å². The maximum Gasteiger partial charge on any atom is -0.00206 e. The molecule has 0 saturated carbocycles. The number of hydrogen-bond donors (Lipinski definition) is 0. The molecule has 10 rings (SSSR count). The molecule has 10 aromatic rings. The zero-order valence-electron chi connectivity index (χ0n) is 33.4. The molecular formula is C58H43P. The van der Waals surface area contributed by atoms with Gasteiger partial charge in [0.1, 0.15) is 0 Å². The van der Waals surface area contributed by atoms with E-state index in [4.69, 9.17) is 0 Å². The highest BCUT2D eigenvalue weighted by Crippen LogP contribution is 2.43. The molecule has 0 spiro atoms. The highest BCUT2D eigenvalue weighted by atomic mass is 31.1.